The van der Waals surface area contributed by atoms with E-state index >= 15 is 0 Å². The molecule has 3 rings (SSSR count). The molecule has 2 fully saturated rings. The number of carbonyl (C=O) groups is 2. The molecule has 1 N–H and O–H groups in total. The van der Waals surface area contributed by atoms with E-state index in [2.05, 4.69) is 5.32 Å². The molecule has 1 aliphatic heterocycles. The third-order valence-electron chi connectivity index (χ3n) is 5.83. The molecule has 1 saturated carbocycles. The van der Waals surface area contributed by atoms with E-state index in [-0.39, 0.29) is 25.0 Å². The summed E-state index contributed by atoms with van der Waals surface area (Å²) >= 11 is 0. The zero-order valence-electron chi connectivity index (χ0n) is 17.5. The molecular formula is C22H32N2O5S. The Morgan fingerprint density at radius 1 is 0.967 bits per heavy atom. The molecule has 166 valence electrons. The fourth-order valence-electron chi connectivity index (χ4n) is 4.06. The van der Waals surface area contributed by atoms with Crippen molar-refractivity contribution in [2.45, 2.75) is 75.1 Å². The van der Waals surface area contributed by atoms with Crippen LogP contribution in [-0.4, -0.2) is 50.3 Å². The number of hydrogen-bond acceptors (Lipinski definition) is 5. The molecule has 30 heavy (non-hydrogen) atoms. The van der Waals surface area contributed by atoms with Crippen LogP contribution < -0.4 is 5.32 Å². The van der Waals surface area contributed by atoms with Crippen LogP contribution in [0.2, 0.25) is 0 Å². The zero-order valence-corrected chi connectivity index (χ0v) is 18.3. The van der Waals surface area contributed by atoms with E-state index in [4.69, 9.17) is 4.74 Å². The van der Waals surface area contributed by atoms with E-state index in [1.54, 1.807) is 28.6 Å². The molecule has 1 aromatic rings. The molecule has 0 bridgehead atoms. The standard InChI is InChI=1S/C22H32N2O5S/c25-21(23-19-7-3-4-8-19)17-29-22(26)14-11-18-9-12-20(13-10-18)30(27,28)24-15-5-1-2-6-16-24/h9-10,12-13,19H,1-8,11,14-17H2,(H,23,25). The van der Waals surface area contributed by atoms with Gasteiger partial charge in [0.15, 0.2) is 6.61 Å². The minimum absolute atomic E-state index is 0.148. The molecule has 1 heterocycles. The summed E-state index contributed by atoms with van der Waals surface area (Å²) in [7, 11) is -3.46. The molecule has 1 aromatic carbocycles. The maximum Gasteiger partial charge on any atom is 0.306 e. The number of rotatable bonds is 8. The summed E-state index contributed by atoms with van der Waals surface area (Å²) in [4.78, 5) is 24.0. The van der Waals surface area contributed by atoms with Crippen molar-refractivity contribution in [3.63, 3.8) is 0 Å². The Morgan fingerprint density at radius 3 is 2.23 bits per heavy atom. The van der Waals surface area contributed by atoms with Gasteiger partial charge in [-0.25, -0.2) is 8.42 Å². The molecular weight excluding hydrogens is 404 g/mol. The van der Waals surface area contributed by atoms with E-state index in [1.807, 2.05) is 0 Å². The highest BCUT2D eigenvalue weighted by Crippen LogP contribution is 2.21. The van der Waals surface area contributed by atoms with E-state index in [0.717, 1.165) is 56.9 Å². The molecule has 0 spiro atoms. The van der Waals surface area contributed by atoms with Gasteiger partial charge in [-0.05, 0) is 49.8 Å². The second kappa shape index (κ2) is 10.9. The van der Waals surface area contributed by atoms with E-state index in [9.17, 15) is 18.0 Å². The molecule has 0 radical (unpaired) electrons. The first kappa shape index (κ1) is 22.7. The Hall–Kier alpha value is -1.93. The highest BCUT2D eigenvalue weighted by Gasteiger charge is 2.25. The van der Waals surface area contributed by atoms with Gasteiger partial charge in [-0.3, -0.25) is 9.59 Å². The lowest BCUT2D eigenvalue weighted by Crippen LogP contribution is -2.35. The topological polar surface area (TPSA) is 92.8 Å². The second-order valence-electron chi connectivity index (χ2n) is 8.17. The molecule has 7 nitrogen and oxygen atoms in total. The molecule has 1 amide bonds. The monoisotopic (exact) mass is 436 g/mol. The predicted molar refractivity (Wildman–Crippen MR) is 113 cm³/mol. The van der Waals surface area contributed by atoms with Crippen LogP contribution in [0, 0.1) is 0 Å². The van der Waals surface area contributed by atoms with Gasteiger partial charge in [0.05, 0.1) is 4.90 Å². The lowest BCUT2D eigenvalue weighted by molar-refractivity contribution is -0.148. The largest absolute Gasteiger partial charge is 0.456 e. The number of nitrogens with zero attached hydrogens (tertiary/aromatic N) is 1. The van der Waals surface area contributed by atoms with Gasteiger partial charge < -0.3 is 10.1 Å². The number of carbonyl (C=O) groups excluding carboxylic acids is 2. The minimum Gasteiger partial charge on any atom is -0.456 e. The van der Waals surface area contributed by atoms with Crippen LogP contribution in [0.1, 0.15) is 63.4 Å². The summed E-state index contributed by atoms with van der Waals surface area (Å²) < 4.78 is 32.2. The van der Waals surface area contributed by atoms with Gasteiger partial charge in [0.1, 0.15) is 0 Å². The zero-order chi connectivity index (χ0) is 21.4. The third kappa shape index (κ3) is 6.54. The number of hydrogen-bond donors (Lipinski definition) is 1. The smallest absolute Gasteiger partial charge is 0.306 e. The Morgan fingerprint density at radius 2 is 1.60 bits per heavy atom. The number of aryl methyl sites for hydroxylation is 1. The first-order chi connectivity index (χ1) is 14.4. The second-order valence-corrected chi connectivity index (χ2v) is 10.1. The fraction of sp³-hybridized carbons (Fsp3) is 0.636. The molecule has 0 unspecified atom stereocenters. The summed E-state index contributed by atoms with van der Waals surface area (Å²) in [5.41, 5.74) is 0.858. The lowest BCUT2D eigenvalue weighted by atomic mass is 10.1. The summed E-state index contributed by atoms with van der Waals surface area (Å²) in [6, 6.07) is 6.90. The first-order valence-electron chi connectivity index (χ1n) is 11.0. The average Bonchev–Trinajstić information content (AvgIpc) is 3.08. The van der Waals surface area contributed by atoms with Gasteiger partial charge in [-0.1, -0.05) is 37.8 Å². The van der Waals surface area contributed by atoms with E-state index < -0.39 is 16.0 Å². The molecule has 8 heteroatoms. The number of esters is 1. The summed E-state index contributed by atoms with van der Waals surface area (Å²) in [5, 5.41) is 2.88. The Kier molecular flexibility index (Phi) is 8.27. The SMILES string of the molecule is O=C(COC(=O)CCc1ccc(S(=O)(=O)N2CCCCCC2)cc1)NC1CCCC1. The Bertz CT molecular complexity index is 808. The Balaban J connectivity index is 1.43. The van der Waals surface area contributed by atoms with Crippen molar-refractivity contribution in [1.29, 1.82) is 0 Å². The molecule has 1 saturated heterocycles. The van der Waals surface area contributed by atoms with E-state index in [0.29, 0.717) is 24.4 Å². The first-order valence-corrected chi connectivity index (χ1v) is 12.4. The van der Waals surface area contributed by atoms with Gasteiger partial charge >= 0.3 is 5.97 Å². The normalized spacial score (nSPS) is 18.7. The highest BCUT2D eigenvalue weighted by molar-refractivity contribution is 7.89. The highest BCUT2D eigenvalue weighted by atomic mass is 32.2. The van der Waals surface area contributed by atoms with Gasteiger partial charge in [0.2, 0.25) is 10.0 Å². The summed E-state index contributed by atoms with van der Waals surface area (Å²) in [6.07, 6.45) is 8.77. The maximum absolute atomic E-state index is 12.8. The number of ether oxygens (including phenoxy) is 1. The minimum atomic E-state index is -3.46. The van der Waals surface area contributed by atoms with Gasteiger partial charge in [0, 0.05) is 25.6 Å². The summed E-state index contributed by atoms with van der Waals surface area (Å²) in [5.74, 6) is -0.684. The van der Waals surface area contributed by atoms with Crippen molar-refractivity contribution in [1.82, 2.24) is 9.62 Å². The number of benzene rings is 1. The fourth-order valence-corrected chi connectivity index (χ4v) is 5.58. The number of sulfonamides is 1. The predicted octanol–water partition coefficient (Wildman–Crippen LogP) is 2.79. The van der Waals surface area contributed by atoms with Gasteiger partial charge in [-0.2, -0.15) is 4.31 Å². The van der Waals surface area contributed by atoms with Crippen LogP contribution in [0.25, 0.3) is 0 Å². The van der Waals surface area contributed by atoms with Crippen molar-refractivity contribution < 1.29 is 22.7 Å². The number of amides is 1. The van der Waals surface area contributed by atoms with Crippen molar-refractivity contribution in [2.24, 2.45) is 0 Å². The van der Waals surface area contributed by atoms with Crippen molar-refractivity contribution in [3.05, 3.63) is 29.8 Å². The quantitative estimate of drug-likeness (QED) is 0.633. The van der Waals surface area contributed by atoms with Crippen molar-refractivity contribution in [3.8, 4) is 0 Å². The van der Waals surface area contributed by atoms with Crippen LogP contribution in [0.15, 0.2) is 29.2 Å². The van der Waals surface area contributed by atoms with Crippen LogP contribution in [0.5, 0.6) is 0 Å². The van der Waals surface area contributed by atoms with Crippen LogP contribution in [0.3, 0.4) is 0 Å². The molecule has 0 atom stereocenters. The summed E-state index contributed by atoms with van der Waals surface area (Å²) in [6.45, 7) is 0.900. The lowest BCUT2D eigenvalue weighted by Gasteiger charge is -2.20. The van der Waals surface area contributed by atoms with Crippen molar-refractivity contribution in [2.75, 3.05) is 19.7 Å². The van der Waals surface area contributed by atoms with Gasteiger partial charge in [-0.15, -0.1) is 0 Å². The molecule has 2 aliphatic rings. The average molecular weight is 437 g/mol. The van der Waals surface area contributed by atoms with E-state index in [1.165, 1.54) is 0 Å². The van der Waals surface area contributed by atoms with Gasteiger partial charge in [0.25, 0.3) is 5.91 Å². The molecule has 0 aromatic heterocycles. The van der Waals surface area contributed by atoms with Crippen LogP contribution in [-0.2, 0) is 30.8 Å². The van der Waals surface area contributed by atoms with Crippen molar-refractivity contribution >= 4 is 21.9 Å². The molecule has 1 aliphatic carbocycles. The number of nitrogens with one attached hydrogen (secondary N) is 1. The van der Waals surface area contributed by atoms with Crippen LogP contribution >= 0.6 is 0 Å². The maximum atomic E-state index is 12.8. The van der Waals surface area contributed by atoms with Crippen LogP contribution in [0.4, 0.5) is 0 Å². The Labute approximate surface area is 179 Å². The third-order valence-corrected chi connectivity index (χ3v) is 7.74.